The van der Waals surface area contributed by atoms with E-state index in [1.165, 1.54) is 70.6 Å². The van der Waals surface area contributed by atoms with Crippen LogP contribution in [0.2, 0.25) is 0 Å². The minimum Gasteiger partial charge on any atom is -0.477 e. The molecule has 0 aromatic heterocycles. The van der Waals surface area contributed by atoms with Gasteiger partial charge in [-0.2, -0.15) is 0 Å². The van der Waals surface area contributed by atoms with Crippen molar-refractivity contribution in [3.05, 3.63) is 85.1 Å². The van der Waals surface area contributed by atoms with Crippen molar-refractivity contribution >= 4 is 17.9 Å². The summed E-state index contributed by atoms with van der Waals surface area (Å²) in [7, 11) is 5.95. The molecule has 0 fully saturated rings. The molecular formula is C58H100NO8+. The number of quaternary nitrogens is 1. The van der Waals surface area contributed by atoms with Gasteiger partial charge in [-0.3, -0.25) is 9.59 Å². The van der Waals surface area contributed by atoms with E-state index in [1.807, 2.05) is 21.1 Å². The summed E-state index contributed by atoms with van der Waals surface area (Å²) in [4.78, 5) is 37.3. The molecule has 0 bridgehead atoms. The first-order valence-electron chi connectivity index (χ1n) is 26.8. The van der Waals surface area contributed by atoms with E-state index in [2.05, 4.69) is 98.9 Å². The summed E-state index contributed by atoms with van der Waals surface area (Å²) in [6, 6.07) is 0. The number of carboxylic acid groups (broad SMARTS) is 1. The van der Waals surface area contributed by atoms with Crippen molar-refractivity contribution < 1.29 is 42.9 Å². The number of carbonyl (C=O) groups is 3. The van der Waals surface area contributed by atoms with Gasteiger partial charge in [0.05, 0.1) is 34.4 Å². The van der Waals surface area contributed by atoms with Gasteiger partial charge in [0, 0.05) is 12.8 Å². The molecule has 0 aromatic rings. The van der Waals surface area contributed by atoms with Crippen LogP contribution in [0.5, 0.6) is 0 Å². The van der Waals surface area contributed by atoms with Crippen molar-refractivity contribution in [3.63, 3.8) is 0 Å². The Bertz CT molecular complexity index is 1370. The third-order valence-corrected chi connectivity index (χ3v) is 11.1. The second-order valence-corrected chi connectivity index (χ2v) is 18.8. The highest BCUT2D eigenvalue weighted by molar-refractivity contribution is 5.71. The molecule has 1 N–H and O–H groups in total. The molecule has 0 rings (SSSR count). The van der Waals surface area contributed by atoms with Crippen molar-refractivity contribution in [2.24, 2.45) is 0 Å². The number of ether oxygens (including phenoxy) is 4. The lowest BCUT2D eigenvalue weighted by Crippen LogP contribution is -2.40. The van der Waals surface area contributed by atoms with E-state index in [9.17, 15) is 19.5 Å². The molecule has 0 aromatic carbocycles. The van der Waals surface area contributed by atoms with Crippen LogP contribution in [0.25, 0.3) is 0 Å². The third-order valence-electron chi connectivity index (χ3n) is 11.1. The Hall–Kier alpha value is -3.53. The van der Waals surface area contributed by atoms with Gasteiger partial charge in [-0.15, -0.1) is 0 Å². The molecule has 0 aliphatic heterocycles. The number of carbonyl (C=O) groups excluding carboxylic acids is 2. The summed E-state index contributed by atoms with van der Waals surface area (Å²) < 4.78 is 22.8. The Kier molecular flexibility index (Phi) is 46.3. The first-order valence-corrected chi connectivity index (χ1v) is 26.8. The highest BCUT2D eigenvalue weighted by Crippen LogP contribution is 2.14. The number of aliphatic carboxylic acids is 1. The van der Waals surface area contributed by atoms with Crippen LogP contribution < -0.4 is 0 Å². The summed E-state index contributed by atoms with van der Waals surface area (Å²) in [5, 5.41) is 9.67. The number of allylic oxidation sites excluding steroid dienone is 14. The number of unbranched alkanes of at least 4 members (excludes halogenated alkanes) is 19. The van der Waals surface area contributed by atoms with Crippen LogP contribution in [0.15, 0.2) is 85.1 Å². The summed E-state index contributed by atoms with van der Waals surface area (Å²) in [5.41, 5.74) is 0. The molecule has 9 heteroatoms. The molecule has 0 amide bonds. The van der Waals surface area contributed by atoms with E-state index >= 15 is 0 Å². The molecule has 0 aliphatic carbocycles. The smallest absolute Gasteiger partial charge is 0.361 e. The zero-order valence-electron chi connectivity index (χ0n) is 43.5. The number of hydrogen-bond acceptors (Lipinski definition) is 7. The Morgan fingerprint density at radius 1 is 0.463 bits per heavy atom. The Labute approximate surface area is 410 Å². The van der Waals surface area contributed by atoms with Gasteiger partial charge in [-0.25, -0.2) is 4.79 Å². The number of carboxylic acids is 1. The first kappa shape index (κ1) is 63.5. The number of nitrogens with zero attached hydrogens (tertiary/aromatic N) is 1. The van der Waals surface area contributed by atoms with Crippen molar-refractivity contribution in [2.45, 2.75) is 219 Å². The quantitative estimate of drug-likeness (QED) is 0.0211. The third kappa shape index (κ3) is 50.2. The van der Waals surface area contributed by atoms with Crippen LogP contribution in [-0.2, 0) is 33.3 Å². The van der Waals surface area contributed by atoms with E-state index in [0.29, 0.717) is 17.4 Å². The van der Waals surface area contributed by atoms with Crippen LogP contribution >= 0.6 is 0 Å². The molecular weight excluding hydrogens is 839 g/mol. The molecule has 0 aliphatic rings. The molecule has 384 valence electrons. The second-order valence-electron chi connectivity index (χ2n) is 18.8. The zero-order chi connectivity index (χ0) is 49.2. The van der Waals surface area contributed by atoms with Crippen LogP contribution in [0.1, 0.15) is 206 Å². The van der Waals surface area contributed by atoms with Gasteiger partial charge in [-0.1, -0.05) is 189 Å². The van der Waals surface area contributed by atoms with Crippen molar-refractivity contribution in [1.29, 1.82) is 0 Å². The van der Waals surface area contributed by atoms with E-state index in [-0.39, 0.29) is 38.6 Å². The van der Waals surface area contributed by atoms with E-state index in [0.717, 1.165) is 103 Å². The molecule has 0 radical (unpaired) electrons. The van der Waals surface area contributed by atoms with Crippen LogP contribution in [-0.4, -0.2) is 87.4 Å². The van der Waals surface area contributed by atoms with E-state index in [1.54, 1.807) is 0 Å². The van der Waals surface area contributed by atoms with Crippen LogP contribution in [0.3, 0.4) is 0 Å². The van der Waals surface area contributed by atoms with E-state index in [4.69, 9.17) is 18.9 Å². The summed E-state index contributed by atoms with van der Waals surface area (Å²) in [5.74, 6) is -2.03. The Balaban J connectivity index is 4.26. The van der Waals surface area contributed by atoms with Crippen LogP contribution in [0.4, 0.5) is 0 Å². The van der Waals surface area contributed by atoms with Gasteiger partial charge in [0.1, 0.15) is 13.2 Å². The maximum absolute atomic E-state index is 12.8. The van der Waals surface area contributed by atoms with Gasteiger partial charge >= 0.3 is 17.9 Å². The maximum atomic E-state index is 12.8. The van der Waals surface area contributed by atoms with Crippen molar-refractivity contribution in [1.82, 2.24) is 0 Å². The van der Waals surface area contributed by atoms with Gasteiger partial charge < -0.3 is 28.5 Å². The number of likely N-dealkylation sites (N-methyl/N-ethyl adjacent to an activating group) is 1. The fourth-order valence-corrected chi connectivity index (χ4v) is 7.01. The SMILES string of the molecule is CC/C=C\C/C=C\C/C=C\C/C=C\C/C=C\C/C=C\CCCCCCCCCCCCC(=O)OC(COC(=O)CCCCCCC/C=C\CCCCCC)COC(OCC[N+](C)(C)C)C(=O)O. The highest BCUT2D eigenvalue weighted by atomic mass is 16.7. The summed E-state index contributed by atoms with van der Waals surface area (Å²) in [6.07, 6.45) is 60.8. The average molecular weight is 939 g/mol. The van der Waals surface area contributed by atoms with Crippen LogP contribution in [0, 0.1) is 0 Å². The predicted octanol–water partition coefficient (Wildman–Crippen LogP) is 15.2. The minimum absolute atomic E-state index is 0.182. The van der Waals surface area contributed by atoms with Gasteiger partial charge in [-0.05, 0) is 89.9 Å². The van der Waals surface area contributed by atoms with Crippen molar-refractivity contribution in [3.8, 4) is 0 Å². The zero-order valence-corrected chi connectivity index (χ0v) is 43.5. The molecule has 0 saturated heterocycles. The lowest BCUT2D eigenvalue weighted by molar-refractivity contribution is -0.870. The topological polar surface area (TPSA) is 108 Å². The number of rotatable bonds is 48. The van der Waals surface area contributed by atoms with Gasteiger partial charge in [0.2, 0.25) is 0 Å². The fourth-order valence-electron chi connectivity index (χ4n) is 7.01. The normalized spacial score (nSPS) is 13.5. The van der Waals surface area contributed by atoms with Gasteiger partial charge in [0.25, 0.3) is 6.29 Å². The first-order chi connectivity index (χ1) is 32.6. The number of hydrogen-bond donors (Lipinski definition) is 1. The summed E-state index contributed by atoms with van der Waals surface area (Å²) in [6.45, 7) is 4.72. The molecule has 0 heterocycles. The highest BCUT2D eigenvalue weighted by Gasteiger charge is 2.25. The Morgan fingerprint density at radius 3 is 1.28 bits per heavy atom. The maximum Gasteiger partial charge on any atom is 0.361 e. The largest absolute Gasteiger partial charge is 0.477 e. The van der Waals surface area contributed by atoms with Gasteiger partial charge in [0.15, 0.2) is 6.10 Å². The monoisotopic (exact) mass is 939 g/mol. The lowest BCUT2D eigenvalue weighted by Gasteiger charge is -2.25. The molecule has 67 heavy (non-hydrogen) atoms. The standard InChI is InChI=1S/C58H99NO8/c1-6-8-10-12-14-16-18-20-21-22-23-24-25-26-27-28-29-30-31-32-33-34-35-37-39-41-43-45-47-49-56(61)67-54(53-66-58(57(62)63)64-51-50-59(3,4)5)52-65-55(60)48-46-44-42-40-38-36-19-17-15-13-11-9-7-2/h8,10,14,16-17,19-21,23-24,26-27,29-30,54,58H,6-7,9,11-13,15,18,22,25,28,31-53H2,1-5H3/p+1/b10-8-,16-14-,19-17-,21-20-,24-23-,27-26-,30-29-. The van der Waals surface area contributed by atoms with Crippen molar-refractivity contribution in [2.75, 3.05) is 47.5 Å². The second kappa shape index (κ2) is 48.9. The summed E-state index contributed by atoms with van der Waals surface area (Å²) >= 11 is 0. The fraction of sp³-hybridized carbons (Fsp3) is 0.707. The average Bonchev–Trinajstić information content (AvgIpc) is 3.29. The molecule has 2 unspecified atom stereocenters. The predicted molar refractivity (Wildman–Crippen MR) is 281 cm³/mol. The molecule has 9 nitrogen and oxygen atoms in total. The minimum atomic E-state index is -1.52. The van der Waals surface area contributed by atoms with E-state index < -0.39 is 24.3 Å². The lowest BCUT2D eigenvalue weighted by atomic mass is 10.0. The molecule has 2 atom stereocenters. The number of esters is 2. The molecule has 0 spiro atoms. The molecule has 0 saturated carbocycles. The Morgan fingerprint density at radius 2 is 0.851 bits per heavy atom.